The van der Waals surface area contributed by atoms with Gasteiger partial charge in [0.25, 0.3) is 0 Å². The molecule has 0 aliphatic heterocycles. The molecule has 0 atom stereocenters. The monoisotopic (exact) mass is 438 g/mol. The minimum atomic E-state index is -0.581. The van der Waals surface area contributed by atoms with Crippen LogP contribution in [0.3, 0.4) is 0 Å². The molecule has 0 fully saturated rings. The van der Waals surface area contributed by atoms with Crippen molar-refractivity contribution in [2.24, 2.45) is 0 Å². The van der Waals surface area contributed by atoms with E-state index in [2.05, 4.69) is 130 Å². The summed E-state index contributed by atoms with van der Waals surface area (Å²) < 4.78 is 3.16. The first-order valence-electron chi connectivity index (χ1n) is 9.61. The fraction of sp³-hybridized carbons (Fsp3) is 0.0385. The molecule has 0 saturated heterocycles. The topological polar surface area (TPSA) is 17.8 Å². The Morgan fingerprint density at radius 1 is 0.586 bits per heavy atom. The number of fused-ring (bicyclic) bond motifs is 1. The van der Waals surface area contributed by atoms with Gasteiger partial charge in [-0.1, -0.05) is 113 Å². The van der Waals surface area contributed by atoms with Crippen molar-refractivity contribution in [3.63, 3.8) is 0 Å². The molecule has 5 rings (SSSR count). The van der Waals surface area contributed by atoms with Gasteiger partial charge in [-0.25, -0.2) is 0 Å². The standard InChI is InChI=1S/C26H19BrN2/c27-24-17-10-18-25-23(24)19-29(28-25)26(20-11-4-1-5-12-20,21-13-6-2-7-14-21)22-15-8-3-9-16-22/h1-19H. The summed E-state index contributed by atoms with van der Waals surface area (Å²) in [6, 6.07) is 38.0. The molecule has 0 amide bonds. The first kappa shape index (κ1) is 17.9. The van der Waals surface area contributed by atoms with Gasteiger partial charge in [0.2, 0.25) is 0 Å². The number of halogens is 1. The average Bonchev–Trinajstić information content (AvgIpc) is 3.23. The van der Waals surface area contributed by atoms with Gasteiger partial charge in [0.05, 0.1) is 5.52 Å². The minimum Gasteiger partial charge on any atom is -0.252 e. The van der Waals surface area contributed by atoms with Crippen LogP contribution >= 0.6 is 15.9 Å². The lowest BCUT2D eigenvalue weighted by atomic mass is 9.77. The van der Waals surface area contributed by atoms with Crippen LogP contribution in [0.4, 0.5) is 0 Å². The first-order chi connectivity index (χ1) is 14.3. The Bertz CT molecular complexity index is 1150. The summed E-state index contributed by atoms with van der Waals surface area (Å²) >= 11 is 3.69. The maximum absolute atomic E-state index is 5.06. The van der Waals surface area contributed by atoms with Gasteiger partial charge in [-0.3, -0.25) is 4.68 Å². The van der Waals surface area contributed by atoms with Crippen molar-refractivity contribution in [2.45, 2.75) is 5.54 Å². The average molecular weight is 439 g/mol. The van der Waals surface area contributed by atoms with Gasteiger partial charge in [0.1, 0.15) is 5.54 Å². The number of nitrogens with zero attached hydrogens (tertiary/aromatic N) is 2. The van der Waals surface area contributed by atoms with Crippen molar-refractivity contribution in [3.05, 3.63) is 137 Å². The Labute approximate surface area is 178 Å². The molecule has 0 unspecified atom stereocenters. The van der Waals surface area contributed by atoms with Crippen molar-refractivity contribution in [1.29, 1.82) is 0 Å². The van der Waals surface area contributed by atoms with Gasteiger partial charge < -0.3 is 0 Å². The minimum absolute atomic E-state index is 0.581. The van der Waals surface area contributed by atoms with Gasteiger partial charge in [0, 0.05) is 16.1 Å². The van der Waals surface area contributed by atoms with Crippen LogP contribution < -0.4 is 0 Å². The predicted octanol–water partition coefficient (Wildman–Crippen LogP) is 6.64. The van der Waals surface area contributed by atoms with E-state index in [-0.39, 0.29) is 0 Å². The van der Waals surface area contributed by atoms with E-state index in [0.717, 1.165) is 15.4 Å². The Hall–Kier alpha value is -3.17. The predicted molar refractivity (Wildman–Crippen MR) is 122 cm³/mol. The molecule has 0 saturated carbocycles. The lowest BCUT2D eigenvalue weighted by molar-refractivity contribution is 0.464. The van der Waals surface area contributed by atoms with E-state index in [1.165, 1.54) is 16.7 Å². The highest BCUT2D eigenvalue weighted by molar-refractivity contribution is 9.10. The smallest absolute Gasteiger partial charge is 0.138 e. The molecule has 0 radical (unpaired) electrons. The SMILES string of the molecule is Brc1cccc2nn(C(c3ccccc3)(c3ccccc3)c3ccccc3)cc12. The Morgan fingerprint density at radius 3 is 1.52 bits per heavy atom. The quantitative estimate of drug-likeness (QED) is 0.287. The second-order valence-electron chi connectivity index (χ2n) is 7.05. The maximum atomic E-state index is 5.06. The fourth-order valence-electron chi connectivity index (χ4n) is 4.11. The van der Waals surface area contributed by atoms with E-state index in [1.807, 2.05) is 6.07 Å². The zero-order valence-electron chi connectivity index (χ0n) is 15.7. The Morgan fingerprint density at radius 2 is 1.07 bits per heavy atom. The highest BCUT2D eigenvalue weighted by Gasteiger charge is 2.39. The molecule has 140 valence electrons. The Kier molecular flexibility index (Phi) is 4.53. The molecule has 3 heteroatoms. The third-order valence-electron chi connectivity index (χ3n) is 5.42. The van der Waals surface area contributed by atoms with Gasteiger partial charge in [-0.15, -0.1) is 0 Å². The second kappa shape index (κ2) is 7.34. The van der Waals surface area contributed by atoms with E-state index in [0.29, 0.717) is 0 Å². The highest BCUT2D eigenvalue weighted by Crippen LogP contribution is 2.41. The molecule has 0 bridgehead atoms. The summed E-state index contributed by atoms with van der Waals surface area (Å²) in [5.41, 5.74) is 3.89. The molecule has 0 aliphatic rings. The van der Waals surface area contributed by atoms with Crippen molar-refractivity contribution < 1.29 is 0 Å². The number of rotatable bonds is 4. The van der Waals surface area contributed by atoms with Crippen LogP contribution in [0.5, 0.6) is 0 Å². The summed E-state index contributed by atoms with van der Waals surface area (Å²) in [6.07, 6.45) is 2.15. The van der Waals surface area contributed by atoms with Crippen LogP contribution in [0.25, 0.3) is 10.9 Å². The summed E-state index contributed by atoms with van der Waals surface area (Å²) in [5.74, 6) is 0. The zero-order valence-corrected chi connectivity index (χ0v) is 17.3. The van der Waals surface area contributed by atoms with Gasteiger partial charge in [0.15, 0.2) is 0 Å². The van der Waals surface area contributed by atoms with Gasteiger partial charge in [-0.05, 0) is 28.8 Å². The largest absolute Gasteiger partial charge is 0.252 e. The second-order valence-corrected chi connectivity index (χ2v) is 7.91. The molecule has 2 nitrogen and oxygen atoms in total. The van der Waals surface area contributed by atoms with E-state index < -0.39 is 5.54 Å². The van der Waals surface area contributed by atoms with Crippen molar-refractivity contribution >= 4 is 26.8 Å². The fourth-order valence-corrected chi connectivity index (χ4v) is 4.57. The first-order valence-corrected chi connectivity index (χ1v) is 10.4. The van der Waals surface area contributed by atoms with Crippen molar-refractivity contribution in [2.75, 3.05) is 0 Å². The summed E-state index contributed by atoms with van der Waals surface area (Å²) in [7, 11) is 0. The van der Waals surface area contributed by atoms with E-state index in [1.54, 1.807) is 0 Å². The Balaban J connectivity index is 1.93. The van der Waals surface area contributed by atoms with Crippen LogP contribution in [-0.2, 0) is 5.54 Å². The van der Waals surface area contributed by atoms with Gasteiger partial charge in [-0.2, -0.15) is 5.10 Å². The zero-order chi connectivity index (χ0) is 19.7. The molecule has 1 aromatic heterocycles. The van der Waals surface area contributed by atoms with E-state index in [9.17, 15) is 0 Å². The van der Waals surface area contributed by atoms with E-state index in [4.69, 9.17) is 5.10 Å². The molecule has 29 heavy (non-hydrogen) atoms. The summed E-state index contributed by atoms with van der Waals surface area (Å²) in [5, 5.41) is 6.16. The van der Waals surface area contributed by atoms with Crippen LogP contribution in [-0.4, -0.2) is 9.78 Å². The van der Waals surface area contributed by atoms with Gasteiger partial charge >= 0.3 is 0 Å². The molecular weight excluding hydrogens is 420 g/mol. The molecule has 5 aromatic rings. The third kappa shape index (κ3) is 2.90. The summed E-state index contributed by atoms with van der Waals surface area (Å²) in [6.45, 7) is 0. The van der Waals surface area contributed by atoms with Crippen molar-refractivity contribution in [1.82, 2.24) is 9.78 Å². The van der Waals surface area contributed by atoms with Crippen LogP contribution in [0, 0.1) is 0 Å². The van der Waals surface area contributed by atoms with Crippen LogP contribution in [0.2, 0.25) is 0 Å². The lowest BCUT2D eigenvalue weighted by Crippen LogP contribution is -2.38. The molecule has 0 N–H and O–H groups in total. The maximum Gasteiger partial charge on any atom is 0.138 e. The molecule has 0 spiro atoms. The van der Waals surface area contributed by atoms with Crippen LogP contribution in [0.15, 0.2) is 120 Å². The number of hydrogen-bond donors (Lipinski definition) is 0. The number of aromatic nitrogens is 2. The highest BCUT2D eigenvalue weighted by atomic mass is 79.9. The van der Waals surface area contributed by atoms with Crippen molar-refractivity contribution in [3.8, 4) is 0 Å². The molecule has 4 aromatic carbocycles. The lowest BCUT2D eigenvalue weighted by Gasteiger charge is -2.36. The molecule has 1 heterocycles. The normalized spacial score (nSPS) is 11.6. The molecular formula is C26H19BrN2. The third-order valence-corrected chi connectivity index (χ3v) is 6.11. The summed E-state index contributed by atoms with van der Waals surface area (Å²) in [4.78, 5) is 0. The van der Waals surface area contributed by atoms with E-state index >= 15 is 0 Å². The number of hydrogen-bond acceptors (Lipinski definition) is 1. The molecule has 0 aliphatic carbocycles. The van der Waals surface area contributed by atoms with Crippen LogP contribution in [0.1, 0.15) is 16.7 Å². The number of benzene rings is 4.